The number of hydrogen-bond donors (Lipinski definition) is 1. The lowest BCUT2D eigenvalue weighted by Crippen LogP contribution is -2.44. The van der Waals surface area contributed by atoms with Crippen molar-refractivity contribution >= 4 is 21.7 Å². The van der Waals surface area contributed by atoms with E-state index >= 15 is 0 Å². The average Bonchev–Trinajstić information content (AvgIpc) is 2.96. The Morgan fingerprint density at radius 1 is 1.22 bits per heavy atom. The van der Waals surface area contributed by atoms with Crippen LogP contribution in [0.2, 0.25) is 0 Å². The third kappa shape index (κ3) is 6.13. The van der Waals surface area contributed by atoms with Crippen LogP contribution < -0.4 is 14.8 Å². The highest BCUT2D eigenvalue weighted by molar-refractivity contribution is 7.91. The van der Waals surface area contributed by atoms with Gasteiger partial charge >= 0.3 is 0 Å². The van der Waals surface area contributed by atoms with Crippen molar-refractivity contribution in [2.24, 2.45) is 0 Å². The van der Waals surface area contributed by atoms with E-state index in [9.17, 15) is 18.0 Å². The van der Waals surface area contributed by atoms with Crippen LogP contribution in [0.5, 0.6) is 11.5 Å². The summed E-state index contributed by atoms with van der Waals surface area (Å²) in [6.45, 7) is 1.67. The van der Waals surface area contributed by atoms with E-state index < -0.39 is 9.84 Å². The Morgan fingerprint density at radius 2 is 1.93 bits per heavy atom. The summed E-state index contributed by atoms with van der Waals surface area (Å²) in [5.74, 6) is 0.711. The van der Waals surface area contributed by atoms with Gasteiger partial charge in [0, 0.05) is 19.5 Å². The number of nitrogens with one attached hydrogen (secondary N) is 1. The summed E-state index contributed by atoms with van der Waals surface area (Å²) in [6.07, 6.45) is 0.963. The maximum absolute atomic E-state index is 12.2. The second-order valence-corrected chi connectivity index (χ2v) is 8.78. The van der Waals surface area contributed by atoms with Crippen LogP contribution >= 0.6 is 0 Å². The Labute approximate surface area is 159 Å². The van der Waals surface area contributed by atoms with Gasteiger partial charge in [-0.1, -0.05) is 6.07 Å². The molecule has 1 aromatic rings. The fourth-order valence-corrected chi connectivity index (χ4v) is 4.68. The molecule has 0 aliphatic carbocycles. The highest BCUT2D eigenvalue weighted by Crippen LogP contribution is 2.27. The number of nitrogens with zero attached hydrogens (tertiary/aromatic N) is 1. The van der Waals surface area contributed by atoms with E-state index in [2.05, 4.69) is 5.32 Å². The highest BCUT2D eigenvalue weighted by atomic mass is 32.2. The molecule has 1 saturated heterocycles. The zero-order valence-corrected chi connectivity index (χ0v) is 16.7. The van der Waals surface area contributed by atoms with Crippen molar-refractivity contribution in [3.8, 4) is 11.5 Å². The fraction of sp³-hybridized carbons (Fsp3) is 0.556. The molecule has 2 rings (SSSR count). The number of benzene rings is 1. The van der Waals surface area contributed by atoms with E-state index in [1.807, 2.05) is 12.1 Å². The van der Waals surface area contributed by atoms with E-state index in [0.29, 0.717) is 30.9 Å². The van der Waals surface area contributed by atoms with Gasteiger partial charge in [-0.15, -0.1) is 0 Å². The van der Waals surface area contributed by atoms with E-state index in [1.54, 1.807) is 20.3 Å². The predicted molar refractivity (Wildman–Crippen MR) is 101 cm³/mol. The lowest BCUT2D eigenvalue weighted by molar-refractivity contribution is -0.134. The van der Waals surface area contributed by atoms with E-state index in [1.165, 1.54) is 11.8 Å². The number of ether oxygens (including phenoxy) is 2. The molecule has 0 saturated carbocycles. The lowest BCUT2D eigenvalue weighted by Gasteiger charge is -2.22. The first-order valence-electron chi connectivity index (χ1n) is 8.70. The monoisotopic (exact) mass is 398 g/mol. The minimum atomic E-state index is -3.06. The Bertz CT molecular complexity index is 793. The summed E-state index contributed by atoms with van der Waals surface area (Å²) in [5.41, 5.74) is 0.946. The second kappa shape index (κ2) is 9.07. The molecule has 1 fully saturated rings. The summed E-state index contributed by atoms with van der Waals surface area (Å²) in [6, 6.07) is 5.13. The van der Waals surface area contributed by atoms with Crippen molar-refractivity contribution in [1.82, 2.24) is 10.2 Å². The van der Waals surface area contributed by atoms with Crippen molar-refractivity contribution in [2.75, 3.05) is 38.8 Å². The molecule has 2 amide bonds. The molecule has 1 N–H and O–H groups in total. The number of carbonyl (C=O) groups excluding carboxylic acids is 2. The van der Waals surface area contributed by atoms with Gasteiger partial charge in [0.05, 0.1) is 32.3 Å². The van der Waals surface area contributed by atoms with Crippen molar-refractivity contribution in [3.05, 3.63) is 23.8 Å². The van der Waals surface area contributed by atoms with Crippen LogP contribution in [0.3, 0.4) is 0 Å². The Hall–Kier alpha value is -2.29. The van der Waals surface area contributed by atoms with Gasteiger partial charge in [0.2, 0.25) is 11.8 Å². The molecule has 0 spiro atoms. The quantitative estimate of drug-likeness (QED) is 0.680. The van der Waals surface area contributed by atoms with Crippen LogP contribution in [0.1, 0.15) is 18.9 Å². The molecular formula is C18H26N2O6S. The summed E-state index contributed by atoms with van der Waals surface area (Å²) < 4.78 is 33.4. The van der Waals surface area contributed by atoms with Crippen LogP contribution in [0, 0.1) is 0 Å². The topological polar surface area (TPSA) is 102 Å². The zero-order valence-electron chi connectivity index (χ0n) is 15.9. The predicted octanol–water partition coefficient (Wildman–Crippen LogP) is 0.398. The smallest absolute Gasteiger partial charge is 0.239 e. The van der Waals surface area contributed by atoms with Crippen LogP contribution in [-0.2, 0) is 25.8 Å². The average molecular weight is 398 g/mol. The molecule has 0 bridgehead atoms. The molecule has 1 unspecified atom stereocenters. The molecule has 0 radical (unpaired) electrons. The molecule has 1 aromatic carbocycles. The van der Waals surface area contributed by atoms with E-state index in [-0.39, 0.29) is 35.9 Å². The van der Waals surface area contributed by atoms with Gasteiger partial charge in [0.25, 0.3) is 0 Å². The third-order valence-corrected chi connectivity index (χ3v) is 6.26. The van der Waals surface area contributed by atoms with Gasteiger partial charge in [-0.25, -0.2) is 8.42 Å². The highest BCUT2D eigenvalue weighted by Gasteiger charge is 2.29. The molecule has 1 aliphatic rings. The number of rotatable bonds is 8. The molecule has 1 heterocycles. The minimum Gasteiger partial charge on any atom is -0.493 e. The summed E-state index contributed by atoms with van der Waals surface area (Å²) >= 11 is 0. The molecular weight excluding hydrogens is 372 g/mol. The first-order chi connectivity index (χ1) is 12.7. The minimum absolute atomic E-state index is 0.0372. The van der Waals surface area contributed by atoms with Crippen LogP contribution in [-0.4, -0.2) is 70.0 Å². The molecule has 0 aromatic heterocycles. The summed E-state index contributed by atoms with van der Waals surface area (Å²) in [4.78, 5) is 25.5. The molecule has 150 valence electrons. The van der Waals surface area contributed by atoms with Gasteiger partial charge in [0.15, 0.2) is 21.3 Å². The number of sulfone groups is 1. The van der Waals surface area contributed by atoms with Crippen LogP contribution in [0.4, 0.5) is 0 Å². The number of amides is 2. The zero-order chi connectivity index (χ0) is 20.0. The Balaban J connectivity index is 1.92. The van der Waals surface area contributed by atoms with Gasteiger partial charge in [0.1, 0.15) is 0 Å². The van der Waals surface area contributed by atoms with Crippen molar-refractivity contribution in [1.29, 1.82) is 0 Å². The maximum Gasteiger partial charge on any atom is 0.239 e. The summed E-state index contributed by atoms with van der Waals surface area (Å²) in [7, 11) is 0.0495. The standard InChI is InChI=1S/C18H26N2O6S/c1-13(21)20(11-18(22)19-15-7-9-27(23,24)12-15)8-6-14-4-5-16(25-2)17(10-14)26-3/h4-5,10,15H,6-9,11-12H2,1-3H3,(H,19,22). The van der Waals surface area contributed by atoms with Crippen molar-refractivity contribution < 1.29 is 27.5 Å². The first kappa shape index (κ1) is 21.0. The molecule has 9 heteroatoms. The number of methoxy groups -OCH3 is 2. The number of hydrogen-bond acceptors (Lipinski definition) is 6. The van der Waals surface area contributed by atoms with Crippen LogP contribution in [0.25, 0.3) is 0 Å². The Kier molecular flexibility index (Phi) is 7.06. The van der Waals surface area contributed by atoms with Crippen molar-refractivity contribution in [2.45, 2.75) is 25.8 Å². The van der Waals surface area contributed by atoms with Gasteiger partial charge in [-0.3, -0.25) is 9.59 Å². The molecule has 27 heavy (non-hydrogen) atoms. The molecule has 1 aliphatic heterocycles. The van der Waals surface area contributed by atoms with Crippen LogP contribution in [0.15, 0.2) is 18.2 Å². The fourth-order valence-electron chi connectivity index (χ4n) is 3.00. The first-order valence-corrected chi connectivity index (χ1v) is 10.5. The second-order valence-electron chi connectivity index (χ2n) is 6.55. The SMILES string of the molecule is COc1ccc(CCN(CC(=O)NC2CCS(=O)(=O)C2)C(C)=O)cc1OC. The van der Waals surface area contributed by atoms with Gasteiger partial charge < -0.3 is 19.7 Å². The lowest BCUT2D eigenvalue weighted by atomic mass is 10.1. The Morgan fingerprint density at radius 3 is 2.48 bits per heavy atom. The molecule has 1 atom stereocenters. The normalized spacial score (nSPS) is 18.0. The van der Waals surface area contributed by atoms with E-state index in [0.717, 1.165) is 5.56 Å². The summed E-state index contributed by atoms with van der Waals surface area (Å²) in [5, 5.41) is 2.70. The van der Waals surface area contributed by atoms with Gasteiger partial charge in [-0.05, 0) is 30.5 Å². The van der Waals surface area contributed by atoms with Crippen molar-refractivity contribution in [3.63, 3.8) is 0 Å². The maximum atomic E-state index is 12.2. The van der Waals surface area contributed by atoms with E-state index in [4.69, 9.17) is 9.47 Å². The number of carbonyl (C=O) groups is 2. The van der Waals surface area contributed by atoms with Gasteiger partial charge in [-0.2, -0.15) is 0 Å². The third-order valence-electron chi connectivity index (χ3n) is 4.50. The molecule has 8 nitrogen and oxygen atoms in total. The largest absolute Gasteiger partial charge is 0.493 e.